The van der Waals surface area contributed by atoms with Gasteiger partial charge in [0.1, 0.15) is 48.3 Å². The lowest BCUT2D eigenvalue weighted by Crippen LogP contribution is -2.36. The zero-order valence-corrected chi connectivity index (χ0v) is 19.2. The Labute approximate surface area is 207 Å². The molecule has 0 radical (unpaired) electrons. The molecule has 0 saturated carbocycles. The molecule has 0 aliphatic carbocycles. The van der Waals surface area contributed by atoms with Crippen LogP contribution in [0.25, 0.3) is 0 Å². The van der Waals surface area contributed by atoms with Crippen LogP contribution >= 0.6 is 12.2 Å². The van der Waals surface area contributed by atoms with Gasteiger partial charge < -0.3 is 50.7 Å². The summed E-state index contributed by atoms with van der Waals surface area (Å²) in [6.45, 7) is -1.09. The summed E-state index contributed by atoms with van der Waals surface area (Å²) in [7, 11) is 0. The summed E-state index contributed by atoms with van der Waals surface area (Å²) in [5, 5.41) is 63.5. The smallest absolute Gasteiger partial charge is 0.351 e. The second-order valence-electron chi connectivity index (χ2n) is 8.04. The highest BCUT2D eigenvalue weighted by Crippen LogP contribution is 2.29. The average Bonchev–Trinajstić information content (AvgIpc) is 3.29. The molecule has 17 heteroatoms. The first kappa shape index (κ1) is 26.2. The van der Waals surface area contributed by atoms with Crippen molar-refractivity contribution in [3.63, 3.8) is 0 Å². The van der Waals surface area contributed by atoms with Crippen LogP contribution in [0.2, 0.25) is 0 Å². The van der Waals surface area contributed by atoms with Gasteiger partial charge in [0.2, 0.25) is 0 Å². The number of aromatic nitrogens is 4. The summed E-state index contributed by atoms with van der Waals surface area (Å²) >= 11 is 5.14. The van der Waals surface area contributed by atoms with Crippen LogP contribution < -0.4 is 22.0 Å². The van der Waals surface area contributed by atoms with Crippen molar-refractivity contribution in [2.45, 2.75) is 49.1 Å². The largest absolute Gasteiger partial charge is 0.394 e. The summed E-state index contributed by atoms with van der Waals surface area (Å²) < 4.78 is 12.5. The fourth-order valence-electron chi connectivity index (χ4n) is 3.84. The normalized spacial score (nSPS) is 31.9. The maximum absolute atomic E-state index is 12.4. The van der Waals surface area contributed by atoms with Crippen LogP contribution in [-0.4, -0.2) is 105 Å². The third kappa shape index (κ3) is 5.01. The Bertz CT molecular complexity index is 1130. The highest BCUT2D eigenvalue weighted by atomic mass is 32.1. The summed E-state index contributed by atoms with van der Waals surface area (Å²) in [5.41, 5.74) is -1.67. The standard InChI is InChI=1S/C19H24N6O10S/c26-5-7-11(28)13(30)15(34-7)24-3-1-9(22-18(24)32)20-17(36)21-10-2-4-25(19(33)23-10)16-14(31)12(29)8(6-27)35-16/h1-4,7-8,11-16,26-31H,5-6H2,(H2,20,21,22,23,32,33,36)/t7-,8-,11+,12+,13-,14+,15-,16-/m0/s1. The number of nitrogens with one attached hydrogen (secondary N) is 2. The first-order chi connectivity index (χ1) is 17.1. The Balaban J connectivity index is 1.41. The minimum atomic E-state index is -1.45. The lowest BCUT2D eigenvalue weighted by molar-refractivity contribution is -0.0549. The number of thiocarbonyl (C=S) groups is 1. The molecule has 0 amide bonds. The van der Waals surface area contributed by atoms with Crippen molar-refractivity contribution < 1.29 is 40.1 Å². The molecule has 16 nitrogen and oxygen atoms in total. The molecule has 36 heavy (non-hydrogen) atoms. The molecule has 2 aliphatic rings. The Kier molecular flexibility index (Phi) is 7.73. The molecule has 8 atom stereocenters. The molecular weight excluding hydrogens is 504 g/mol. The van der Waals surface area contributed by atoms with E-state index in [0.29, 0.717) is 0 Å². The van der Waals surface area contributed by atoms with E-state index >= 15 is 0 Å². The molecular formula is C19H24N6O10S. The van der Waals surface area contributed by atoms with Crippen molar-refractivity contribution >= 4 is 29.0 Å². The zero-order chi connectivity index (χ0) is 26.1. The van der Waals surface area contributed by atoms with E-state index in [1.165, 1.54) is 24.5 Å². The van der Waals surface area contributed by atoms with Crippen LogP contribution in [0, 0.1) is 0 Å². The molecule has 2 saturated heterocycles. The van der Waals surface area contributed by atoms with Crippen LogP contribution in [0.4, 0.5) is 11.6 Å². The van der Waals surface area contributed by atoms with Gasteiger partial charge in [-0.25, -0.2) is 9.59 Å². The quantitative estimate of drug-likeness (QED) is 0.166. The van der Waals surface area contributed by atoms with E-state index in [4.69, 9.17) is 21.7 Å². The molecule has 2 aliphatic heterocycles. The van der Waals surface area contributed by atoms with Gasteiger partial charge in [0.25, 0.3) is 0 Å². The maximum atomic E-state index is 12.4. The van der Waals surface area contributed by atoms with E-state index in [-0.39, 0.29) is 16.7 Å². The van der Waals surface area contributed by atoms with Crippen molar-refractivity contribution in [3.05, 3.63) is 45.5 Å². The first-order valence-electron chi connectivity index (χ1n) is 10.7. The number of rotatable bonds is 6. The van der Waals surface area contributed by atoms with Gasteiger partial charge >= 0.3 is 11.4 Å². The summed E-state index contributed by atoms with van der Waals surface area (Å²) in [6, 6.07) is 2.69. The molecule has 196 valence electrons. The van der Waals surface area contributed by atoms with Gasteiger partial charge in [-0.15, -0.1) is 0 Å². The summed E-state index contributed by atoms with van der Waals surface area (Å²) in [5.74, 6) is 0.0284. The molecule has 8 N–H and O–H groups in total. The van der Waals surface area contributed by atoms with Crippen molar-refractivity contribution in [2.75, 3.05) is 23.8 Å². The first-order valence-corrected chi connectivity index (χ1v) is 11.1. The molecule has 0 unspecified atom stereocenters. The predicted molar refractivity (Wildman–Crippen MR) is 123 cm³/mol. The molecule has 4 heterocycles. The number of hydrogen-bond donors (Lipinski definition) is 8. The second kappa shape index (κ2) is 10.6. The lowest BCUT2D eigenvalue weighted by atomic mass is 10.1. The molecule has 2 aromatic rings. The van der Waals surface area contributed by atoms with Crippen LogP contribution in [0.15, 0.2) is 34.1 Å². The Morgan fingerprint density at radius 3 is 1.50 bits per heavy atom. The van der Waals surface area contributed by atoms with Crippen LogP contribution in [0.5, 0.6) is 0 Å². The Morgan fingerprint density at radius 1 is 0.806 bits per heavy atom. The van der Waals surface area contributed by atoms with Crippen molar-refractivity contribution in [1.29, 1.82) is 0 Å². The van der Waals surface area contributed by atoms with E-state index in [1.54, 1.807) is 0 Å². The van der Waals surface area contributed by atoms with Gasteiger partial charge in [0.15, 0.2) is 17.6 Å². The number of nitrogens with zero attached hydrogens (tertiary/aromatic N) is 4. The van der Waals surface area contributed by atoms with Crippen LogP contribution in [0.1, 0.15) is 12.5 Å². The van der Waals surface area contributed by atoms with Crippen molar-refractivity contribution in [2.24, 2.45) is 0 Å². The minimum Gasteiger partial charge on any atom is -0.394 e. The van der Waals surface area contributed by atoms with E-state index in [2.05, 4.69) is 20.6 Å². The van der Waals surface area contributed by atoms with Gasteiger partial charge in [-0.05, 0) is 24.4 Å². The molecule has 0 bridgehead atoms. The maximum Gasteiger partial charge on any atom is 0.351 e. The zero-order valence-electron chi connectivity index (χ0n) is 18.4. The number of ether oxygens (including phenoxy) is 2. The van der Waals surface area contributed by atoms with Crippen LogP contribution in [0.3, 0.4) is 0 Å². The topological polar surface area (TPSA) is 234 Å². The van der Waals surface area contributed by atoms with Crippen LogP contribution in [-0.2, 0) is 9.47 Å². The highest BCUT2D eigenvalue weighted by molar-refractivity contribution is 7.80. The summed E-state index contributed by atoms with van der Waals surface area (Å²) in [4.78, 5) is 32.4. The molecule has 4 rings (SSSR count). The number of anilines is 2. The van der Waals surface area contributed by atoms with E-state index < -0.39 is 73.7 Å². The van der Waals surface area contributed by atoms with Gasteiger partial charge in [-0.2, -0.15) is 9.97 Å². The minimum absolute atomic E-state index is 0.0142. The monoisotopic (exact) mass is 528 g/mol. The van der Waals surface area contributed by atoms with Gasteiger partial charge in [-0.1, -0.05) is 0 Å². The van der Waals surface area contributed by atoms with Crippen molar-refractivity contribution in [1.82, 2.24) is 19.1 Å². The second-order valence-corrected chi connectivity index (χ2v) is 8.45. The number of aliphatic hydroxyl groups excluding tert-OH is 6. The third-order valence-corrected chi connectivity index (χ3v) is 5.93. The highest BCUT2D eigenvalue weighted by Gasteiger charge is 2.44. The number of aliphatic hydroxyl groups is 6. The number of hydrogen-bond acceptors (Lipinski definition) is 13. The molecule has 0 spiro atoms. The Hall–Kier alpha value is -2.87. The van der Waals surface area contributed by atoms with E-state index in [0.717, 1.165) is 9.13 Å². The fraction of sp³-hybridized carbons (Fsp3) is 0.526. The summed E-state index contributed by atoms with van der Waals surface area (Å²) in [6.07, 6.45) is -7.77. The van der Waals surface area contributed by atoms with Gasteiger partial charge in [0.05, 0.1) is 13.2 Å². The molecule has 2 fully saturated rings. The molecule has 0 aromatic carbocycles. The molecule has 2 aromatic heterocycles. The van der Waals surface area contributed by atoms with Crippen molar-refractivity contribution in [3.8, 4) is 0 Å². The fourth-order valence-corrected chi connectivity index (χ4v) is 4.04. The SMILES string of the molecule is O=c1nc(NC(=S)Nc2ccn([C@H]3O[C@@H](CO)[C@@H](O)[C@@H]3O)c(=O)n2)ccn1[C@H]1O[C@@H](CO)[C@@H](O)[C@H]1O. The van der Waals surface area contributed by atoms with Gasteiger partial charge in [0, 0.05) is 12.4 Å². The average molecular weight is 529 g/mol. The van der Waals surface area contributed by atoms with E-state index in [1.807, 2.05) is 0 Å². The third-order valence-electron chi connectivity index (χ3n) is 5.73. The van der Waals surface area contributed by atoms with E-state index in [9.17, 15) is 40.2 Å². The van der Waals surface area contributed by atoms with Gasteiger partial charge in [-0.3, -0.25) is 9.13 Å². The Morgan fingerprint density at radius 2 is 1.19 bits per heavy atom. The lowest BCUT2D eigenvalue weighted by Gasteiger charge is -2.18. The predicted octanol–water partition coefficient (Wildman–Crippen LogP) is -4.17.